The van der Waals surface area contributed by atoms with Crippen LogP contribution in [0.25, 0.3) is 0 Å². The first-order valence-electron chi connectivity index (χ1n) is 22.7. The number of unbranched alkanes of at least 4 members (excludes halogenated alkanes) is 3. The van der Waals surface area contributed by atoms with Crippen LogP contribution in [0.1, 0.15) is 161 Å². The molecule has 0 radical (unpaired) electrons. The van der Waals surface area contributed by atoms with E-state index in [1.165, 1.54) is 13.0 Å². The number of amides is 3. The van der Waals surface area contributed by atoms with Crippen molar-refractivity contribution in [2.24, 2.45) is 23.2 Å². The van der Waals surface area contributed by atoms with Crippen molar-refractivity contribution in [1.82, 2.24) is 25.8 Å². The van der Waals surface area contributed by atoms with E-state index >= 15 is 4.39 Å². The summed E-state index contributed by atoms with van der Waals surface area (Å²) in [7, 11) is 0. The van der Waals surface area contributed by atoms with Crippen molar-refractivity contribution in [2.75, 3.05) is 18.4 Å². The third-order valence-corrected chi connectivity index (χ3v) is 12.8. The van der Waals surface area contributed by atoms with Crippen LogP contribution in [0.15, 0.2) is 23.6 Å². The maximum absolute atomic E-state index is 15.0. The van der Waals surface area contributed by atoms with Crippen LogP contribution >= 0.6 is 11.3 Å². The Kier molecular flexibility index (Phi) is 20.8. The summed E-state index contributed by atoms with van der Waals surface area (Å²) in [6, 6.07) is 2.54. The fourth-order valence-electron chi connectivity index (χ4n) is 8.02. The Balaban J connectivity index is 1.95. The number of carbonyl (C=O) groups excluding carboxylic acids is 4. The first kappa shape index (κ1) is 52.2. The zero-order valence-corrected chi connectivity index (χ0v) is 39.9. The molecule has 1 aromatic carbocycles. The van der Waals surface area contributed by atoms with Gasteiger partial charge in [-0.1, -0.05) is 73.3 Å². The average Bonchev–Trinajstić information content (AvgIpc) is 3.69. The molecule has 2 aromatic rings. The quantitative estimate of drug-likeness (QED) is 0.0481. The minimum Gasteiger partial charge on any atom is -0.481 e. The molecule has 3 amide bonds. The number of hydrogen-bond acceptors (Lipinski definition) is 10. The Labute approximate surface area is 373 Å². The molecular formula is C47H75FN6O7S. The minimum absolute atomic E-state index is 0.0180. The van der Waals surface area contributed by atoms with Crippen molar-refractivity contribution in [3.05, 3.63) is 45.7 Å². The monoisotopic (exact) mass is 887 g/mol. The van der Waals surface area contributed by atoms with Crippen molar-refractivity contribution in [1.29, 1.82) is 0 Å². The molecule has 15 heteroatoms. The second kappa shape index (κ2) is 24.7. The van der Waals surface area contributed by atoms with Gasteiger partial charge in [-0.15, -0.1) is 11.3 Å². The summed E-state index contributed by atoms with van der Waals surface area (Å²) < 4.78 is 21.0. The number of nitrogens with zero attached hydrogens (tertiary/aromatic N) is 2. The van der Waals surface area contributed by atoms with Crippen molar-refractivity contribution in [3.8, 4) is 0 Å². The summed E-state index contributed by atoms with van der Waals surface area (Å²) >= 11 is 1.16. The molecule has 0 saturated carbocycles. The van der Waals surface area contributed by atoms with E-state index < -0.39 is 53.3 Å². The second-order valence-electron chi connectivity index (χ2n) is 18.7. The molecule has 0 bridgehead atoms. The maximum Gasteiger partial charge on any atom is 0.309 e. The van der Waals surface area contributed by atoms with Gasteiger partial charge < -0.3 is 36.0 Å². The number of nitrogens with one attached hydrogen (secondary N) is 4. The standard InChI is InChI=1S/C47H75FN6O7S/c1-12-14-15-16-21-54(45(58)41(31(8)13-2)53-42(56)37-22-30(7)19-20-49-37)39(28(3)4)25-40(61-32(9)55)44-52-38(27-62-44)43(57)51-34(26-47(10,11)46(59)60)23-33-17-18-36(35(48)24-33)50-29(5)6/h17-18,24,27-31,34,37,39-41,49-50H,12-16,19-23,25-26H2,1-11H3,(H,51,57)(H,53,56)(H,59,60)/t30-,31+,34+,37-,39-,40-,41+/m1/s1. The van der Waals surface area contributed by atoms with E-state index in [-0.39, 0.29) is 60.7 Å². The highest BCUT2D eigenvalue weighted by atomic mass is 32.1. The smallest absolute Gasteiger partial charge is 0.309 e. The van der Waals surface area contributed by atoms with Gasteiger partial charge in [-0.3, -0.25) is 24.0 Å². The lowest BCUT2D eigenvalue weighted by molar-refractivity contribution is -0.150. The highest BCUT2D eigenvalue weighted by molar-refractivity contribution is 7.09. The molecule has 0 aliphatic carbocycles. The number of thiazole rings is 1. The Morgan fingerprint density at radius 2 is 1.77 bits per heavy atom. The highest BCUT2D eigenvalue weighted by Crippen LogP contribution is 2.33. The fourth-order valence-corrected chi connectivity index (χ4v) is 8.86. The zero-order chi connectivity index (χ0) is 46.3. The van der Waals surface area contributed by atoms with E-state index in [9.17, 15) is 29.1 Å². The van der Waals surface area contributed by atoms with Crippen molar-refractivity contribution >= 4 is 46.7 Å². The molecule has 5 N–H and O–H groups in total. The summed E-state index contributed by atoms with van der Waals surface area (Å²) in [5, 5.41) is 24.4. The molecule has 13 nitrogen and oxygen atoms in total. The average molecular weight is 887 g/mol. The van der Waals surface area contributed by atoms with Crippen LogP contribution in [-0.2, 0) is 30.3 Å². The van der Waals surface area contributed by atoms with Gasteiger partial charge in [0.25, 0.3) is 5.91 Å². The molecule has 1 saturated heterocycles. The summed E-state index contributed by atoms with van der Waals surface area (Å²) in [5.74, 6) is -2.77. The van der Waals surface area contributed by atoms with Crippen LogP contribution in [0.2, 0.25) is 0 Å². The summed E-state index contributed by atoms with van der Waals surface area (Å²) in [6.45, 7) is 21.8. The number of aliphatic carboxylic acids is 1. The molecule has 1 fully saturated rings. The Morgan fingerprint density at radius 3 is 2.35 bits per heavy atom. The van der Waals surface area contributed by atoms with Gasteiger partial charge in [-0.05, 0) is 102 Å². The first-order chi connectivity index (χ1) is 29.2. The van der Waals surface area contributed by atoms with Gasteiger partial charge in [0.2, 0.25) is 11.8 Å². The summed E-state index contributed by atoms with van der Waals surface area (Å²) in [4.78, 5) is 73.8. The maximum atomic E-state index is 15.0. The van der Waals surface area contributed by atoms with Gasteiger partial charge in [0.1, 0.15) is 22.6 Å². The van der Waals surface area contributed by atoms with Gasteiger partial charge in [0, 0.05) is 43.4 Å². The molecule has 1 aromatic heterocycles. The molecule has 3 rings (SSSR count). The topological polar surface area (TPSA) is 179 Å². The lowest BCUT2D eigenvalue weighted by atomic mass is 9.84. The SMILES string of the molecule is CCCCCCN(C(=O)[C@@H](NC(=O)[C@H]1C[C@H](C)CCN1)[C@@H](C)CC)[C@H](C[C@@H](OC(C)=O)c1nc(C(=O)N[C@@H](Cc2ccc(NC(C)C)c(F)c2)CC(C)(C)C(=O)O)cs1)C(C)C. The fraction of sp³-hybridized carbons (Fsp3) is 0.702. The zero-order valence-electron chi connectivity index (χ0n) is 39.1. The normalized spacial score (nSPS) is 18.0. The molecule has 1 aliphatic heterocycles. The lowest BCUT2D eigenvalue weighted by Crippen LogP contribution is -2.59. The van der Waals surface area contributed by atoms with Gasteiger partial charge in [0.15, 0.2) is 6.10 Å². The van der Waals surface area contributed by atoms with Crippen LogP contribution in [0, 0.1) is 29.0 Å². The van der Waals surface area contributed by atoms with E-state index in [2.05, 4.69) is 40.1 Å². The predicted molar refractivity (Wildman–Crippen MR) is 243 cm³/mol. The first-order valence-corrected chi connectivity index (χ1v) is 23.6. The number of benzene rings is 1. The molecule has 0 unspecified atom stereocenters. The Hall–Kier alpha value is -4.11. The largest absolute Gasteiger partial charge is 0.481 e. The van der Waals surface area contributed by atoms with Crippen molar-refractivity contribution in [3.63, 3.8) is 0 Å². The number of anilines is 1. The number of esters is 1. The Morgan fingerprint density at radius 1 is 1.06 bits per heavy atom. The molecule has 348 valence electrons. The molecular weight excluding hydrogens is 812 g/mol. The number of ether oxygens (including phenoxy) is 1. The van der Waals surface area contributed by atoms with Crippen LogP contribution in [0.4, 0.5) is 10.1 Å². The number of piperidine rings is 1. The molecule has 0 spiro atoms. The van der Waals surface area contributed by atoms with Crippen LogP contribution in [0.5, 0.6) is 0 Å². The number of carbonyl (C=O) groups is 5. The van der Waals surface area contributed by atoms with E-state index in [1.54, 1.807) is 31.4 Å². The molecule has 62 heavy (non-hydrogen) atoms. The van der Waals surface area contributed by atoms with Crippen LogP contribution < -0.4 is 21.3 Å². The number of aromatic nitrogens is 1. The second-order valence-corrected chi connectivity index (χ2v) is 19.6. The third-order valence-electron chi connectivity index (χ3n) is 11.9. The summed E-state index contributed by atoms with van der Waals surface area (Å²) in [6.07, 6.45) is 5.62. The van der Waals surface area contributed by atoms with E-state index in [4.69, 9.17) is 4.74 Å². The molecule has 7 atom stereocenters. The third kappa shape index (κ3) is 15.9. The number of halogens is 1. The molecule has 2 heterocycles. The van der Waals surface area contributed by atoms with E-state index in [0.29, 0.717) is 41.6 Å². The Bertz CT molecular complexity index is 1790. The van der Waals surface area contributed by atoms with Crippen molar-refractivity contribution < 1.29 is 38.2 Å². The number of carboxylic acids is 1. The number of hydrogen-bond donors (Lipinski definition) is 5. The van der Waals surface area contributed by atoms with Gasteiger partial charge in [-0.25, -0.2) is 9.37 Å². The highest BCUT2D eigenvalue weighted by Gasteiger charge is 2.39. The van der Waals surface area contributed by atoms with Crippen LogP contribution in [0.3, 0.4) is 0 Å². The van der Waals surface area contributed by atoms with Gasteiger partial charge in [-0.2, -0.15) is 0 Å². The number of rotatable bonds is 25. The van der Waals surface area contributed by atoms with Crippen LogP contribution in [-0.4, -0.2) is 87.9 Å². The molecule has 1 aliphatic rings. The van der Waals surface area contributed by atoms with Gasteiger partial charge in [0.05, 0.1) is 17.1 Å². The number of carboxylic acid groups (broad SMARTS) is 1. The van der Waals surface area contributed by atoms with Gasteiger partial charge >= 0.3 is 11.9 Å². The van der Waals surface area contributed by atoms with E-state index in [1.807, 2.05) is 46.4 Å². The van der Waals surface area contributed by atoms with E-state index in [0.717, 1.165) is 50.0 Å². The predicted octanol–water partition coefficient (Wildman–Crippen LogP) is 8.29. The van der Waals surface area contributed by atoms with Crippen molar-refractivity contribution in [2.45, 2.75) is 177 Å². The lowest BCUT2D eigenvalue weighted by Gasteiger charge is -2.40. The minimum atomic E-state index is -1.21. The summed E-state index contributed by atoms with van der Waals surface area (Å²) in [5.41, 5.74) is -0.222.